The Kier molecular flexibility index (Phi) is 4.68. The highest BCUT2D eigenvalue weighted by atomic mass is 32.1. The van der Waals surface area contributed by atoms with Gasteiger partial charge in [-0.3, -0.25) is 9.88 Å². The predicted octanol–water partition coefficient (Wildman–Crippen LogP) is 3.40. The third kappa shape index (κ3) is 3.70. The number of pyridine rings is 1. The zero-order chi connectivity index (χ0) is 16.4. The van der Waals surface area contributed by atoms with Gasteiger partial charge in [-0.25, -0.2) is 0 Å². The minimum atomic E-state index is 0.0189. The van der Waals surface area contributed by atoms with Gasteiger partial charge in [0.05, 0.1) is 18.3 Å². The zero-order valence-corrected chi connectivity index (χ0v) is 14.9. The average Bonchev–Trinajstić information content (AvgIpc) is 3.05. The molecule has 2 saturated heterocycles. The van der Waals surface area contributed by atoms with E-state index in [4.69, 9.17) is 9.47 Å². The van der Waals surface area contributed by atoms with Gasteiger partial charge in [-0.1, -0.05) is 12.1 Å². The van der Waals surface area contributed by atoms with Gasteiger partial charge in [-0.05, 0) is 35.9 Å². The molecule has 2 aromatic heterocycles. The second-order valence-corrected chi connectivity index (χ2v) is 8.08. The van der Waals surface area contributed by atoms with E-state index in [0.29, 0.717) is 12.7 Å². The molecule has 0 saturated carbocycles. The van der Waals surface area contributed by atoms with Crippen LogP contribution in [0.4, 0.5) is 0 Å². The number of aromatic nitrogens is 1. The second-order valence-electron chi connectivity index (χ2n) is 7.05. The number of rotatable bonds is 5. The molecule has 0 amide bonds. The minimum absolute atomic E-state index is 0.0189. The number of aryl methyl sites for hydroxylation is 1. The summed E-state index contributed by atoms with van der Waals surface area (Å²) in [5, 5.41) is 2.14. The first-order chi connectivity index (χ1) is 11.7. The molecular weight excluding hydrogens is 320 g/mol. The van der Waals surface area contributed by atoms with E-state index >= 15 is 0 Å². The first-order valence-corrected chi connectivity index (χ1v) is 9.50. The van der Waals surface area contributed by atoms with Crippen LogP contribution in [-0.4, -0.2) is 41.3 Å². The number of ether oxygens (including phenoxy) is 2. The van der Waals surface area contributed by atoms with Crippen molar-refractivity contribution in [3.8, 4) is 0 Å². The monoisotopic (exact) mass is 344 g/mol. The fourth-order valence-corrected chi connectivity index (χ4v) is 4.51. The lowest BCUT2D eigenvalue weighted by atomic mass is 9.84. The summed E-state index contributed by atoms with van der Waals surface area (Å²) in [4.78, 5) is 8.14. The molecule has 0 bridgehead atoms. The Balaban J connectivity index is 1.27. The van der Waals surface area contributed by atoms with Crippen LogP contribution < -0.4 is 0 Å². The van der Waals surface area contributed by atoms with Gasteiger partial charge in [0, 0.05) is 49.9 Å². The average molecular weight is 344 g/mol. The molecule has 5 heteroatoms. The summed E-state index contributed by atoms with van der Waals surface area (Å²) in [5.74, 6) is 0. The van der Waals surface area contributed by atoms with Crippen molar-refractivity contribution >= 4 is 11.3 Å². The molecule has 24 heavy (non-hydrogen) atoms. The van der Waals surface area contributed by atoms with Crippen LogP contribution in [0.1, 0.15) is 28.8 Å². The Morgan fingerprint density at radius 3 is 3.12 bits per heavy atom. The molecule has 2 aliphatic rings. The van der Waals surface area contributed by atoms with Crippen LogP contribution >= 0.6 is 11.3 Å². The highest BCUT2D eigenvalue weighted by Crippen LogP contribution is 2.36. The number of thiophene rings is 1. The van der Waals surface area contributed by atoms with Crippen molar-refractivity contribution in [1.82, 2.24) is 9.88 Å². The fraction of sp³-hybridized carbons (Fsp3) is 0.526. The van der Waals surface area contributed by atoms with Crippen molar-refractivity contribution in [3.05, 3.63) is 52.0 Å². The van der Waals surface area contributed by atoms with Crippen LogP contribution in [0.3, 0.4) is 0 Å². The molecule has 4 heterocycles. The number of hydrogen-bond acceptors (Lipinski definition) is 5. The van der Waals surface area contributed by atoms with Gasteiger partial charge >= 0.3 is 0 Å². The molecule has 0 aromatic carbocycles. The summed E-state index contributed by atoms with van der Waals surface area (Å²) in [7, 11) is 0. The maximum absolute atomic E-state index is 6.16. The molecule has 2 aliphatic heterocycles. The highest BCUT2D eigenvalue weighted by Gasteiger charge is 2.47. The first-order valence-electron chi connectivity index (χ1n) is 8.62. The first kappa shape index (κ1) is 16.2. The van der Waals surface area contributed by atoms with Crippen molar-refractivity contribution in [2.24, 2.45) is 0 Å². The summed E-state index contributed by atoms with van der Waals surface area (Å²) in [6.45, 7) is 6.62. The number of hydrogen-bond donors (Lipinski definition) is 0. The molecule has 4 nitrogen and oxygen atoms in total. The van der Waals surface area contributed by atoms with Crippen molar-refractivity contribution in [3.63, 3.8) is 0 Å². The van der Waals surface area contributed by atoms with Gasteiger partial charge in [-0.2, -0.15) is 0 Å². The van der Waals surface area contributed by atoms with Gasteiger partial charge in [0.15, 0.2) is 0 Å². The van der Waals surface area contributed by atoms with Crippen molar-refractivity contribution in [2.45, 2.75) is 44.6 Å². The van der Waals surface area contributed by atoms with Gasteiger partial charge in [0.25, 0.3) is 0 Å². The van der Waals surface area contributed by atoms with Crippen molar-refractivity contribution in [1.29, 1.82) is 0 Å². The van der Waals surface area contributed by atoms with Gasteiger partial charge in [-0.15, -0.1) is 11.3 Å². The van der Waals surface area contributed by atoms with E-state index in [1.807, 2.05) is 23.7 Å². The normalized spacial score (nSPS) is 23.3. The molecular formula is C19H24N2O2S. The summed E-state index contributed by atoms with van der Waals surface area (Å²) < 4.78 is 12.3. The van der Waals surface area contributed by atoms with E-state index in [-0.39, 0.29) is 5.60 Å². The third-order valence-electron chi connectivity index (χ3n) is 4.85. The van der Waals surface area contributed by atoms with E-state index in [1.54, 1.807) is 0 Å². The van der Waals surface area contributed by atoms with Crippen LogP contribution in [0, 0.1) is 6.92 Å². The lowest BCUT2D eigenvalue weighted by Crippen LogP contribution is -2.65. The summed E-state index contributed by atoms with van der Waals surface area (Å²) in [5.41, 5.74) is 2.36. The largest absolute Gasteiger partial charge is 0.373 e. The molecule has 1 atom stereocenters. The Morgan fingerprint density at radius 1 is 1.42 bits per heavy atom. The second kappa shape index (κ2) is 6.92. The van der Waals surface area contributed by atoms with Crippen LogP contribution in [-0.2, 0) is 22.6 Å². The smallest absolute Gasteiger partial charge is 0.0959 e. The van der Waals surface area contributed by atoms with Crippen LogP contribution in [0.25, 0.3) is 0 Å². The summed E-state index contributed by atoms with van der Waals surface area (Å²) >= 11 is 1.83. The molecule has 0 radical (unpaired) electrons. The molecule has 2 aromatic rings. The molecule has 2 fully saturated rings. The Hall–Kier alpha value is -1.27. The van der Waals surface area contributed by atoms with E-state index < -0.39 is 0 Å². The van der Waals surface area contributed by atoms with E-state index in [2.05, 4.69) is 40.4 Å². The van der Waals surface area contributed by atoms with E-state index in [0.717, 1.165) is 44.6 Å². The van der Waals surface area contributed by atoms with Crippen LogP contribution in [0.5, 0.6) is 0 Å². The van der Waals surface area contributed by atoms with Crippen LogP contribution in [0.15, 0.2) is 36.0 Å². The number of nitrogens with zero attached hydrogens (tertiary/aromatic N) is 2. The predicted molar refractivity (Wildman–Crippen MR) is 95.1 cm³/mol. The molecule has 1 spiro atoms. The molecule has 4 rings (SSSR count). The Labute approximate surface area is 147 Å². The molecule has 0 N–H and O–H groups in total. The highest BCUT2D eigenvalue weighted by molar-refractivity contribution is 7.09. The molecule has 1 unspecified atom stereocenters. The quantitative estimate of drug-likeness (QED) is 0.833. The summed E-state index contributed by atoms with van der Waals surface area (Å²) in [6, 6.07) is 6.48. The number of likely N-dealkylation sites (tertiary alicyclic amines) is 1. The Bertz CT molecular complexity index is 668. The van der Waals surface area contributed by atoms with Crippen molar-refractivity contribution < 1.29 is 9.47 Å². The van der Waals surface area contributed by atoms with Gasteiger partial charge in [0.2, 0.25) is 0 Å². The minimum Gasteiger partial charge on any atom is -0.373 e. The topological polar surface area (TPSA) is 34.6 Å². The summed E-state index contributed by atoms with van der Waals surface area (Å²) in [6.07, 6.45) is 6.07. The maximum Gasteiger partial charge on any atom is 0.0959 e. The SMILES string of the molecule is Cc1cncc(COC2CCOC3(C2)CN(Cc2cccs2)C3)c1. The lowest BCUT2D eigenvalue weighted by Gasteiger charge is -2.53. The van der Waals surface area contributed by atoms with Gasteiger partial charge < -0.3 is 9.47 Å². The van der Waals surface area contributed by atoms with E-state index in [9.17, 15) is 0 Å². The maximum atomic E-state index is 6.16. The zero-order valence-electron chi connectivity index (χ0n) is 14.1. The Morgan fingerprint density at radius 2 is 2.33 bits per heavy atom. The molecule has 128 valence electrons. The standard InChI is InChI=1S/C19H24N2O2S/c1-15-7-16(10-20-9-15)12-22-17-4-5-23-19(8-17)13-21(14-19)11-18-3-2-6-24-18/h2-3,6-7,9-10,17H,4-5,8,11-14H2,1H3. The van der Waals surface area contributed by atoms with Crippen molar-refractivity contribution in [2.75, 3.05) is 19.7 Å². The lowest BCUT2D eigenvalue weighted by molar-refractivity contribution is -0.200. The van der Waals surface area contributed by atoms with Gasteiger partial charge in [0.1, 0.15) is 0 Å². The fourth-order valence-electron chi connectivity index (χ4n) is 3.76. The van der Waals surface area contributed by atoms with Crippen LogP contribution in [0.2, 0.25) is 0 Å². The van der Waals surface area contributed by atoms with E-state index in [1.165, 1.54) is 10.4 Å². The molecule has 0 aliphatic carbocycles. The third-order valence-corrected chi connectivity index (χ3v) is 5.71.